The van der Waals surface area contributed by atoms with E-state index in [1.165, 1.54) is 0 Å². The Morgan fingerprint density at radius 2 is 2.00 bits per heavy atom. The fourth-order valence-electron chi connectivity index (χ4n) is 3.02. The van der Waals surface area contributed by atoms with Gasteiger partial charge in [-0.2, -0.15) is 10.2 Å². The molecule has 1 aromatic carbocycles. The SMILES string of the molecule is CCN(Cc1ccccc1)C(=O)CCn1ncc2c1c(C)nn2C. The average molecular weight is 325 g/mol. The number of hydrogen-bond acceptors (Lipinski definition) is 3. The number of carbonyl (C=O) groups is 1. The van der Waals surface area contributed by atoms with E-state index in [1.54, 1.807) is 6.20 Å². The van der Waals surface area contributed by atoms with Crippen LogP contribution in [0.25, 0.3) is 11.0 Å². The van der Waals surface area contributed by atoms with Gasteiger partial charge < -0.3 is 4.90 Å². The highest BCUT2D eigenvalue weighted by Gasteiger charge is 2.15. The lowest BCUT2D eigenvalue weighted by Gasteiger charge is -2.21. The summed E-state index contributed by atoms with van der Waals surface area (Å²) in [5, 5.41) is 8.81. The molecule has 1 amide bonds. The molecule has 0 aliphatic carbocycles. The van der Waals surface area contributed by atoms with Crippen LogP contribution in [0, 0.1) is 6.92 Å². The number of benzene rings is 1. The van der Waals surface area contributed by atoms with Crippen LogP contribution < -0.4 is 0 Å². The summed E-state index contributed by atoms with van der Waals surface area (Å²) in [6, 6.07) is 10.1. The summed E-state index contributed by atoms with van der Waals surface area (Å²) in [5.41, 5.74) is 4.10. The third-order valence-electron chi connectivity index (χ3n) is 4.30. The Balaban J connectivity index is 1.67. The van der Waals surface area contributed by atoms with E-state index in [2.05, 4.69) is 10.2 Å². The lowest BCUT2D eigenvalue weighted by atomic mass is 10.2. The van der Waals surface area contributed by atoms with Gasteiger partial charge in [-0.3, -0.25) is 14.2 Å². The first kappa shape index (κ1) is 16.2. The molecule has 3 aromatic rings. The smallest absolute Gasteiger partial charge is 0.224 e. The standard InChI is InChI=1S/C18H23N5O/c1-4-22(13-15-8-6-5-7-9-15)17(24)10-11-23-18-14(2)20-21(3)16(18)12-19-23/h5-9,12H,4,10-11,13H2,1-3H3. The van der Waals surface area contributed by atoms with Gasteiger partial charge in [0.25, 0.3) is 0 Å². The van der Waals surface area contributed by atoms with Crippen LogP contribution in [0.1, 0.15) is 24.6 Å². The Labute approximate surface area is 141 Å². The molecule has 0 saturated carbocycles. The minimum absolute atomic E-state index is 0.145. The Morgan fingerprint density at radius 1 is 1.25 bits per heavy atom. The van der Waals surface area contributed by atoms with Crippen LogP contribution in [-0.2, 0) is 24.9 Å². The maximum Gasteiger partial charge on any atom is 0.224 e. The van der Waals surface area contributed by atoms with Gasteiger partial charge in [-0.15, -0.1) is 0 Å². The fraction of sp³-hybridized carbons (Fsp3) is 0.389. The second-order valence-corrected chi connectivity index (χ2v) is 5.95. The summed E-state index contributed by atoms with van der Waals surface area (Å²) < 4.78 is 3.70. The molecule has 0 bridgehead atoms. The summed E-state index contributed by atoms with van der Waals surface area (Å²) in [6.45, 7) is 5.90. The minimum Gasteiger partial charge on any atom is -0.339 e. The first-order valence-corrected chi connectivity index (χ1v) is 8.27. The predicted octanol–water partition coefficient (Wildman–Crippen LogP) is 2.52. The molecule has 0 atom stereocenters. The number of hydrogen-bond donors (Lipinski definition) is 0. The second kappa shape index (κ2) is 6.86. The lowest BCUT2D eigenvalue weighted by Crippen LogP contribution is -2.31. The monoisotopic (exact) mass is 325 g/mol. The van der Waals surface area contributed by atoms with Gasteiger partial charge in [0.1, 0.15) is 11.0 Å². The molecule has 0 unspecified atom stereocenters. The molecule has 2 aromatic heterocycles. The van der Waals surface area contributed by atoms with Crippen molar-refractivity contribution in [3.63, 3.8) is 0 Å². The van der Waals surface area contributed by atoms with Crippen molar-refractivity contribution < 1.29 is 4.79 Å². The van der Waals surface area contributed by atoms with E-state index in [0.29, 0.717) is 26.1 Å². The van der Waals surface area contributed by atoms with E-state index in [0.717, 1.165) is 22.3 Å². The molecule has 0 spiro atoms. The summed E-state index contributed by atoms with van der Waals surface area (Å²) in [5.74, 6) is 0.145. The summed E-state index contributed by atoms with van der Waals surface area (Å²) in [6.07, 6.45) is 2.24. The van der Waals surface area contributed by atoms with Gasteiger partial charge in [0, 0.05) is 26.6 Å². The van der Waals surface area contributed by atoms with E-state index in [9.17, 15) is 4.79 Å². The van der Waals surface area contributed by atoms with Gasteiger partial charge in [-0.05, 0) is 19.4 Å². The number of rotatable bonds is 6. The van der Waals surface area contributed by atoms with E-state index in [-0.39, 0.29) is 5.91 Å². The van der Waals surface area contributed by atoms with Crippen molar-refractivity contribution >= 4 is 16.9 Å². The van der Waals surface area contributed by atoms with E-state index >= 15 is 0 Å². The van der Waals surface area contributed by atoms with Crippen molar-refractivity contribution in [2.45, 2.75) is 33.4 Å². The lowest BCUT2D eigenvalue weighted by molar-refractivity contribution is -0.131. The van der Waals surface area contributed by atoms with Gasteiger partial charge in [0.2, 0.25) is 5.91 Å². The van der Waals surface area contributed by atoms with Gasteiger partial charge in [-0.1, -0.05) is 30.3 Å². The van der Waals surface area contributed by atoms with Crippen molar-refractivity contribution in [2.24, 2.45) is 7.05 Å². The molecular formula is C18H23N5O. The van der Waals surface area contributed by atoms with Crippen molar-refractivity contribution in [1.82, 2.24) is 24.5 Å². The highest BCUT2D eigenvalue weighted by molar-refractivity contribution is 5.78. The molecule has 0 fully saturated rings. The van der Waals surface area contributed by atoms with Crippen molar-refractivity contribution in [1.29, 1.82) is 0 Å². The zero-order chi connectivity index (χ0) is 17.1. The van der Waals surface area contributed by atoms with E-state index in [4.69, 9.17) is 0 Å². The van der Waals surface area contributed by atoms with Crippen molar-refractivity contribution in [2.75, 3.05) is 6.54 Å². The van der Waals surface area contributed by atoms with E-state index in [1.807, 2.05) is 65.5 Å². The minimum atomic E-state index is 0.145. The van der Waals surface area contributed by atoms with Crippen molar-refractivity contribution in [3.8, 4) is 0 Å². The van der Waals surface area contributed by atoms with Crippen LogP contribution >= 0.6 is 0 Å². The Morgan fingerprint density at radius 3 is 2.71 bits per heavy atom. The van der Waals surface area contributed by atoms with Crippen molar-refractivity contribution in [3.05, 3.63) is 47.8 Å². The molecule has 0 radical (unpaired) electrons. The molecular weight excluding hydrogens is 302 g/mol. The third-order valence-corrected chi connectivity index (χ3v) is 4.30. The second-order valence-electron chi connectivity index (χ2n) is 5.95. The molecule has 126 valence electrons. The normalized spacial score (nSPS) is 11.1. The first-order valence-electron chi connectivity index (χ1n) is 8.27. The molecule has 0 aliphatic heterocycles. The molecule has 0 saturated heterocycles. The third kappa shape index (κ3) is 3.18. The molecule has 0 aliphatic rings. The molecule has 6 nitrogen and oxygen atoms in total. The Kier molecular flexibility index (Phi) is 4.64. The van der Waals surface area contributed by atoms with Crippen LogP contribution in [0.5, 0.6) is 0 Å². The van der Waals surface area contributed by atoms with Gasteiger partial charge in [0.05, 0.1) is 18.4 Å². The van der Waals surface area contributed by atoms with Crippen LogP contribution in [0.15, 0.2) is 36.5 Å². The first-order chi connectivity index (χ1) is 11.6. The van der Waals surface area contributed by atoms with Crippen LogP contribution in [0.4, 0.5) is 0 Å². The summed E-state index contributed by atoms with van der Waals surface area (Å²) in [7, 11) is 1.91. The molecule has 24 heavy (non-hydrogen) atoms. The van der Waals surface area contributed by atoms with Crippen LogP contribution in [-0.4, -0.2) is 36.9 Å². The number of aryl methyl sites for hydroxylation is 3. The Hall–Kier alpha value is -2.63. The molecule has 3 rings (SSSR count). The zero-order valence-electron chi connectivity index (χ0n) is 14.4. The maximum absolute atomic E-state index is 12.6. The molecule has 6 heteroatoms. The largest absolute Gasteiger partial charge is 0.339 e. The number of amides is 1. The fourth-order valence-corrected chi connectivity index (χ4v) is 3.02. The van der Waals surface area contributed by atoms with Gasteiger partial charge in [-0.25, -0.2) is 0 Å². The number of aromatic nitrogens is 4. The Bertz CT molecular complexity index is 834. The zero-order valence-corrected chi connectivity index (χ0v) is 14.4. The number of fused-ring (bicyclic) bond motifs is 1. The predicted molar refractivity (Wildman–Crippen MR) is 93.4 cm³/mol. The topological polar surface area (TPSA) is 56.0 Å². The quantitative estimate of drug-likeness (QED) is 0.700. The highest BCUT2D eigenvalue weighted by atomic mass is 16.2. The number of carbonyl (C=O) groups excluding carboxylic acids is 1. The van der Waals surface area contributed by atoms with E-state index < -0.39 is 0 Å². The molecule has 0 N–H and O–H groups in total. The molecule has 2 heterocycles. The maximum atomic E-state index is 12.6. The highest BCUT2D eigenvalue weighted by Crippen LogP contribution is 2.17. The van der Waals surface area contributed by atoms with Crippen LogP contribution in [0.3, 0.4) is 0 Å². The summed E-state index contributed by atoms with van der Waals surface area (Å²) in [4.78, 5) is 14.4. The average Bonchev–Trinajstić information content (AvgIpc) is 3.13. The number of nitrogens with zero attached hydrogens (tertiary/aromatic N) is 5. The van der Waals surface area contributed by atoms with Gasteiger partial charge in [0.15, 0.2) is 0 Å². The van der Waals surface area contributed by atoms with Gasteiger partial charge >= 0.3 is 0 Å². The van der Waals surface area contributed by atoms with Crippen LogP contribution in [0.2, 0.25) is 0 Å². The summed E-state index contributed by atoms with van der Waals surface area (Å²) >= 11 is 0.